The Morgan fingerprint density at radius 2 is 2.33 bits per heavy atom. The third-order valence-electron chi connectivity index (χ3n) is 3.49. The minimum absolute atomic E-state index is 0.0722. The summed E-state index contributed by atoms with van der Waals surface area (Å²) in [7, 11) is 0. The summed E-state index contributed by atoms with van der Waals surface area (Å²) in [6.45, 7) is 5.50. The van der Waals surface area contributed by atoms with Gasteiger partial charge in [-0.05, 0) is 42.6 Å². The molecule has 18 heavy (non-hydrogen) atoms. The normalized spacial score (nSPS) is 24.3. The number of aryl methyl sites for hydroxylation is 1. The summed E-state index contributed by atoms with van der Waals surface area (Å²) in [4.78, 5) is 14.2. The molecule has 0 aromatic carbocycles. The maximum atomic E-state index is 12.0. The highest BCUT2D eigenvalue weighted by Gasteiger charge is 2.26. The van der Waals surface area contributed by atoms with Gasteiger partial charge in [0.25, 0.3) is 5.56 Å². The summed E-state index contributed by atoms with van der Waals surface area (Å²) >= 11 is 3.40. The zero-order valence-corrected chi connectivity index (χ0v) is 12.4. The molecule has 2 atom stereocenters. The molecular weight excluding hydrogens is 296 g/mol. The number of rotatable bonds is 2. The van der Waals surface area contributed by atoms with E-state index in [4.69, 9.17) is 5.73 Å². The second-order valence-corrected chi connectivity index (χ2v) is 5.58. The fraction of sp³-hybridized carbons (Fsp3) is 0.667. The van der Waals surface area contributed by atoms with E-state index in [0.717, 1.165) is 25.1 Å². The molecule has 2 heterocycles. The molecule has 2 N–H and O–H groups in total. The molecule has 0 amide bonds. The van der Waals surface area contributed by atoms with E-state index in [1.807, 2.05) is 6.92 Å². The second-order valence-electron chi connectivity index (χ2n) is 4.79. The van der Waals surface area contributed by atoms with E-state index in [-0.39, 0.29) is 11.6 Å². The van der Waals surface area contributed by atoms with Gasteiger partial charge in [0.2, 0.25) is 0 Å². The summed E-state index contributed by atoms with van der Waals surface area (Å²) < 4.78 is 2.05. The third kappa shape index (κ3) is 2.44. The first-order valence-electron chi connectivity index (χ1n) is 6.32. The largest absolute Gasteiger partial charge is 0.366 e. The fourth-order valence-corrected chi connectivity index (χ4v) is 2.98. The Morgan fingerprint density at radius 3 is 2.94 bits per heavy atom. The van der Waals surface area contributed by atoms with Crippen molar-refractivity contribution in [3.8, 4) is 0 Å². The predicted octanol–water partition coefficient (Wildman–Crippen LogP) is 1.34. The summed E-state index contributed by atoms with van der Waals surface area (Å²) in [6.07, 6.45) is 3.67. The molecule has 0 spiro atoms. The molecule has 1 aromatic heterocycles. The summed E-state index contributed by atoms with van der Waals surface area (Å²) in [5.74, 6) is 0. The van der Waals surface area contributed by atoms with Gasteiger partial charge in [0.15, 0.2) is 0 Å². The molecule has 100 valence electrons. The van der Waals surface area contributed by atoms with Crippen LogP contribution in [0.5, 0.6) is 0 Å². The number of hydrogen-bond donors (Lipinski definition) is 1. The van der Waals surface area contributed by atoms with Gasteiger partial charge in [-0.3, -0.25) is 4.79 Å². The quantitative estimate of drug-likeness (QED) is 0.894. The SMILES string of the molecule is CCn1ncc(N2CCC(N)CC2C)c(Br)c1=O. The van der Waals surface area contributed by atoms with E-state index in [0.29, 0.717) is 17.1 Å². The Labute approximate surface area is 115 Å². The van der Waals surface area contributed by atoms with Crippen molar-refractivity contribution in [3.63, 3.8) is 0 Å². The van der Waals surface area contributed by atoms with Crippen molar-refractivity contribution >= 4 is 21.6 Å². The fourth-order valence-electron chi connectivity index (χ4n) is 2.45. The van der Waals surface area contributed by atoms with E-state index in [2.05, 4.69) is 32.9 Å². The van der Waals surface area contributed by atoms with E-state index >= 15 is 0 Å². The Bertz CT molecular complexity index is 487. The van der Waals surface area contributed by atoms with Gasteiger partial charge in [0.1, 0.15) is 4.47 Å². The monoisotopic (exact) mass is 314 g/mol. The first kappa shape index (κ1) is 13.5. The van der Waals surface area contributed by atoms with Crippen molar-refractivity contribution in [1.29, 1.82) is 0 Å². The lowest BCUT2D eigenvalue weighted by molar-refractivity contribution is 0.428. The number of hydrogen-bond acceptors (Lipinski definition) is 4. The number of nitrogens with zero attached hydrogens (tertiary/aromatic N) is 3. The number of anilines is 1. The Hall–Kier alpha value is -0.880. The Balaban J connectivity index is 2.34. The minimum Gasteiger partial charge on any atom is -0.366 e. The number of piperidine rings is 1. The summed E-state index contributed by atoms with van der Waals surface area (Å²) in [5.41, 5.74) is 6.77. The molecule has 1 aromatic rings. The predicted molar refractivity (Wildman–Crippen MR) is 75.9 cm³/mol. The molecule has 0 radical (unpaired) electrons. The van der Waals surface area contributed by atoms with Crippen LogP contribution in [0.2, 0.25) is 0 Å². The molecule has 0 saturated carbocycles. The molecule has 1 aliphatic rings. The van der Waals surface area contributed by atoms with E-state index in [1.54, 1.807) is 6.20 Å². The first-order valence-corrected chi connectivity index (χ1v) is 7.11. The highest BCUT2D eigenvalue weighted by Crippen LogP contribution is 2.28. The topological polar surface area (TPSA) is 64.2 Å². The molecule has 2 unspecified atom stereocenters. The summed E-state index contributed by atoms with van der Waals surface area (Å²) in [5, 5.41) is 4.19. The van der Waals surface area contributed by atoms with Gasteiger partial charge in [-0.1, -0.05) is 0 Å². The molecule has 2 rings (SSSR count). The van der Waals surface area contributed by atoms with Crippen LogP contribution in [-0.4, -0.2) is 28.4 Å². The molecule has 1 fully saturated rings. The molecule has 0 aliphatic carbocycles. The van der Waals surface area contributed by atoms with Crippen LogP contribution in [-0.2, 0) is 6.54 Å². The van der Waals surface area contributed by atoms with Crippen LogP contribution < -0.4 is 16.2 Å². The molecular formula is C12H19BrN4O. The molecule has 0 bridgehead atoms. The maximum absolute atomic E-state index is 12.0. The van der Waals surface area contributed by atoms with Crippen LogP contribution in [0.15, 0.2) is 15.5 Å². The molecule has 1 saturated heterocycles. The van der Waals surface area contributed by atoms with Crippen LogP contribution in [0.1, 0.15) is 26.7 Å². The average molecular weight is 315 g/mol. The zero-order chi connectivity index (χ0) is 13.3. The van der Waals surface area contributed by atoms with E-state index < -0.39 is 0 Å². The lowest BCUT2D eigenvalue weighted by Gasteiger charge is -2.38. The van der Waals surface area contributed by atoms with Gasteiger partial charge in [-0.15, -0.1) is 0 Å². The Kier molecular flexibility index (Phi) is 4.07. The molecule has 5 nitrogen and oxygen atoms in total. The van der Waals surface area contributed by atoms with Crippen LogP contribution in [0.4, 0.5) is 5.69 Å². The highest BCUT2D eigenvalue weighted by molar-refractivity contribution is 9.10. The van der Waals surface area contributed by atoms with Gasteiger partial charge in [-0.25, -0.2) is 4.68 Å². The van der Waals surface area contributed by atoms with Crippen molar-refractivity contribution < 1.29 is 0 Å². The number of aromatic nitrogens is 2. The van der Waals surface area contributed by atoms with Crippen molar-refractivity contribution in [2.75, 3.05) is 11.4 Å². The smallest absolute Gasteiger partial charge is 0.283 e. The second kappa shape index (κ2) is 5.40. The summed E-state index contributed by atoms with van der Waals surface area (Å²) in [6, 6.07) is 0.600. The van der Waals surface area contributed by atoms with Gasteiger partial charge < -0.3 is 10.6 Å². The third-order valence-corrected chi connectivity index (χ3v) is 4.24. The highest BCUT2D eigenvalue weighted by atomic mass is 79.9. The standard InChI is InChI=1S/C12H19BrN4O/c1-3-17-12(18)11(13)10(7-15-17)16-5-4-9(14)6-8(16)2/h7-9H,3-6,14H2,1-2H3. The minimum atomic E-state index is -0.0722. The lowest BCUT2D eigenvalue weighted by atomic mass is 9.99. The lowest BCUT2D eigenvalue weighted by Crippen LogP contribution is -2.46. The van der Waals surface area contributed by atoms with Crippen LogP contribution >= 0.6 is 15.9 Å². The molecule has 6 heteroatoms. The maximum Gasteiger partial charge on any atom is 0.283 e. The van der Waals surface area contributed by atoms with Gasteiger partial charge in [-0.2, -0.15) is 5.10 Å². The van der Waals surface area contributed by atoms with Crippen LogP contribution in [0.3, 0.4) is 0 Å². The van der Waals surface area contributed by atoms with Crippen LogP contribution in [0.25, 0.3) is 0 Å². The van der Waals surface area contributed by atoms with Crippen LogP contribution in [0, 0.1) is 0 Å². The van der Waals surface area contributed by atoms with Gasteiger partial charge >= 0.3 is 0 Å². The Morgan fingerprint density at radius 1 is 1.61 bits per heavy atom. The van der Waals surface area contributed by atoms with E-state index in [9.17, 15) is 4.79 Å². The first-order chi connectivity index (χ1) is 8.54. The van der Waals surface area contributed by atoms with Crippen molar-refractivity contribution in [2.45, 2.75) is 45.3 Å². The number of nitrogens with two attached hydrogens (primary N) is 1. The van der Waals surface area contributed by atoms with Gasteiger partial charge in [0, 0.05) is 25.2 Å². The average Bonchev–Trinajstić information content (AvgIpc) is 2.34. The number of halogens is 1. The van der Waals surface area contributed by atoms with Gasteiger partial charge in [0.05, 0.1) is 11.9 Å². The van der Waals surface area contributed by atoms with Crippen molar-refractivity contribution in [2.24, 2.45) is 5.73 Å². The van der Waals surface area contributed by atoms with Crippen molar-refractivity contribution in [1.82, 2.24) is 9.78 Å². The van der Waals surface area contributed by atoms with E-state index in [1.165, 1.54) is 4.68 Å². The van der Waals surface area contributed by atoms with Crippen molar-refractivity contribution in [3.05, 3.63) is 21.0 Å². The molecule has 1 aliphatic heterocycles. The zero-order valence-electron chi connectivity index (χ0n) is 10.8.